The van der Waals surface area contributed by atoms with Crippen LogP contribution in [0.3, 0.4) is 0 Å². The number of rotatable bonds is 5. The zero-order chi connectivity index (χ0) is 20.1. The molecule has 0 atom stereocenters. The van der Waals surface area contributed by atoms with Gasteiger partial charge in [0.05, 0.1) is 12.8 Å². The van der Waals surface area contributed by atoms with E-state index in [-0.39, 0.29) is 5.56 Å². The number of benzene rings is 1. The Hall–Kier alpha value is -3.73. The molecule has 3 aromatic rings. The normalized spacial score (nSPS) is 10.2. The van der Waals surface area contributed by atoms with Gasteiger partial charge in [0.25, 0.3) is 5.56 Å². The van der Waals surface area contributed by atoms with E-state index in [9.17, 15) is 9.59 Å². The number of aromatic nitrogens is 2. The molecular weight excluding hydrogens is 358 g/mol. The predicted octanol–water partition coefficient (Wildman–Crippen LogP) is 3.00. The van der Waals surface area contributed by atoms with Crippen LogP contribution in [0.5, 0.6) is 0 Å². The van der Waals surface area contributed by atoms with E-state index in [1.807, 2.05) is 36.1 Å². The molecule has 0 radical (unpaired) electrons. The molecule has 144 valence electrons. The fourth-order valence-corrected chi connectivity index (χ4v) is 2.86. The average Bonchev–Trinajstić information content (AvgIpc) is 3.23. The number of hydrogen-bond acceptors (Lipinski definition) is 4. The third-order valence-corrected chi connectivity index (χ3v) is 4.33. The van der Waals surface area contributed by atoms with Crippen LogP contribution in [-0.2, 0) is 20.6 Å². The third-order valence-electron chi connectivity index (χ3n) is 4.33. The van der Waals surface area contributed by atoms with Gasteiger partial charge in [-0.05, 0) is 19.1 Å². The van der Waals surface area contributed by atoms with Crippen molar-refractivity contribution in [3.05, 3.63) is 91.3 Å². The van der Waals surface area contributed by atoms with Gasteiger partial charge in [-0.2, -0.15) is 0 Å². The van der Waals surface area contributed by atoms with Crippen molar-refractivity contribution >= 4 is 11.5 Å². The molecule has 0 fully saturated rings. The molecule has 8 nitrogen and oxygen atoms in total. The lowest BCUT2D eigenvalue weighted by atomic mass is 10.2. The maximum atomic E-state index is 12.8. The van der Waals surface area contributed by atoms with Crippen molar-refractivity contribution in [2.75, 3.05) is 11.4 Å². The molecule has 0 N–H and O–H groups in total. The summed E-state index contributed by atoms with van der Waals surface area (Å²) in [6.45, 7) is 2.88. The number of furan rings is 1. The zero-order valence-corrected chi connectivity index (χ0v) is 16.0. The highest BCUT2D eigenvalue weighted by molar-refractivity contribution is 5.57. The van der Waals surface area contributed by atoms with E-state index >= 15 is 0 Å². The predicted molar refractivity (Wildman–Crippen MR) is 108 cm³/mol. The van der Waals surface area contributed by atoms with Gasteiger partial charge in [-0.1, -0.05) is 41.0 Å². The summed E-state index contributed by atoms with van der Waals surface area (Å²) in [5.74, 6) is 1.13. The van der Waals surface area contributed by atoms with Crippen LogP contribution in [0.25, 0.3) is 10.4 Å². The average molecular weight is 379 g/mol. The van der Waals surface area contributed by atoms with Crippen LogP contribution in [0, 0.1) is 6.07 Å². The largest absolute Gasteiger partial charge is 0.467 e. The van der Waals surface area contributed by atoms with Gasteiger partial charge in [0.1, 0.15) is 11.6 Å². The van der Waals surface area contributed by atoms with Gasteiger partial charge in [-0.15, -0.1) is 0 Å². The summed E-state index contributed by atoms with van der Waals surface area (Å²) in [5, 5.41) is 0. The minimum atomic E-state index is -0.483. The Bertz CT molecular complexity index is 1120. The number of anilines is 1. The molecule has 1 aromatic carbocycles. The molecule has 0 saturated carbocycles. The topological polar surface area (TPSA) is 78.8 Å². The molecular formula is C20H21N5O3. The van der Waals surface area contributed by atoms with E-state index in [4.69, 9.17) is 4.42 Å². The SMILES string of the molecule is CCN(Cc1ccco1)c1c(C#[N+][N-]c2ccccc2)c(=O)n(C)c(=O)n1C. The van der Waals surface area contributed by atoms with E-state index in [1.165, 1.54) is 11.6 Å². The van der Waals surface area contributed by atoms with Crippen molar-refractivity contribution in [1.29, 1.82) is 0 Å². The number of nitrogens with zero attached hydrogens (tertiary/aromatic N) is 5. The second-order valence-corrected chi connectivity index (χ2v) is 6.15. The fourth-order valence-electron chi connectivity index (χ4n) is 2.86. The van der Waals surface area contributed by atoms with Crippen LogP contribution in [0.4, 0.5) is 11.5 Å². The highest BCUT2D eigenvalue weighted by Crippen LogP contribution is 2.20. The second-order valence-electron chi connectivity index (χ2n) is 6.15. The molecule has 0 unspecified atom stereocenters. The maximum absolute atomic E-state index is 12.8. The van der Waals surface area contributed by atoms with Crippen LogP contribution < -0.4 is 16.1 Å². The summed E-state index contributed by atoms with van der Waals surface area (Å²) in [5.41, 5.74) is 3.96. The first kappa shape index (κ1) is 19.0. The lowest BCUT2D eigenvalue weighted by Crippen LogP contribution is -2.42. The van der Waals surface area contributed by atoms with E-state index in [0.29, 0.717) is 30.4 Å². The van der Waals surface area contributed by atoms with Gasteiger partial charge in [0.2, 0.25) is 5.56 Å². The van der Waals surface area contributed by atoms with E-state index in [0.717, 1.165) is 4.57 Å². The van der Waals surface area contributed by atoms with Gasteiger partial charge in [-0.3, -0.25) is 19.4 Å². The zero-order valence-electron chi connectivity index (χ0n) is 16.0. The van der Waals surface area contributed by atoms with Crippen LogP contribution in [0.1, 0.15) is 18.2 Å². The molecule has 28 heavy (non-hydrogen) atoms. The number of hydrogen-bond donors (Lipinski definition) is 0. The second kappa shape index (κ2) is 8.31. The van der Waals surface area contributed by atoms with Gasteiger partial charge in [0, 0.05) is 20.6 Å². The first-order chi connectivity index (χ1) is 13.5. The molecule has 0 saturated heterocycles. The summed E-state index contributed by atoms with van der Waals surface area (Å²) < 4.78 is 7.86. The van der Waals surface area contributed by atoms with Crippen molar-refractivity contribution in [3.8, 4) is 6.07 Å². The lowest BCUT2D eigenvalue weighted by Gasteiger charge is -2.24. The van der Waals surface area contributed by atoms with Crippen LogP contribution in [0.15, 0.2) is 62.7 Å². The van der Waals surface area contributed by atoms with E-state index in [1.54, 1.807) is 31.5 Å². The summed E-state index contributed by atoms with van der Waals surface area (Å²) in [7, 11) is 3.04. The maximum Gasteiger partial charge on any atom is 0.332 e. The van der Waals surface area contributed by atoms with Crippen molar-refractivity contribution in [3.63, 3.8) is 0 Å². The lowest BCUT2D eigenvalue weighted by molar-refractivity contribution is 0.500. The van der Waals surface area contributed by atoms with Crippen molar-refractivity contribution in [2.24, 2.45) is 14.1 Å². The van der Waals surface area contributed by atoms with Gasteiger partial charge >= 0.3 is 11.8 Å². The summed E-state index contributed by atoms with van der Waals surface area (Å²) >= 11 is 0. The molecule has 0 amide bonds. The van der Waals surface area contributed by atoms with E-state index in [2.05, 4.69) is 16.4 Å². The molecule has 0 bridgehead atoms. The van der Waals surface area contributed by atoms with Crippen molar-refractivity contribution < 1.29 is 4.42 Å². The highest BCUT2D eigenvalue weighted by Gasteiger charge is 2.23. The monoisotopic (exact) mass is 379 g/mol. The Morgan fingerprint density at radius 1 is 1.11 bits per heavy atom. The smallest absolute Gasteiger partial charge is 0.332 e. The quantitative estimate of drug-likeness (QED) is 0.639. The Morgan fingerprint density at radius 2 is 1.86 bits per heavy atom. The van der Waals surface area contributed by atoms with E-state index < -0.39 is 11.2 Å². The molecule has 0 aliphatic carbocycles. The Balaban J connectivity index is 2.07. The molecule has 0 spiro atoms. The summed E-state index contributed by atoms with van der Waals surface area (Å²) in [6, 6.07) is 15.5. The molecule has 2 aromatic heterocycles. The fraction of sp³-hybridized carbons (Fsp3) is 0.250. The Morgan fingerprint density at radius 3 is 2.50 bits per heavy atom. The van der Waals surface area contributed by atoms with Gasteiger partial charge < -0.3 is 9.32 Å². The molecule has 8 heteroatoms. The highest BCUT2D eigenvalue weighted by atomic mass is 16.3. The van der Waals surface area contributed by atoms with Gasteiger partial charge in [0.15, 0.2) is 0 Å². The van der Waals surface area contributed by atoms with Crippen molar-refractivity contribution in [1.82, 2.24) is 9.13 Å². The van der Waals surface area contributed by atoms with Gasteiger partial charge in [-0.25, -0.2) is 4.79 Å². The minimum Gasteiger partial charge on any atom is -0.467 e. The Labute approximate surface area is 162 Å². The molecule has 0 aliphatic rings. The van der Waals surface area contributed by atoms with Crippen LogP contribution in [0.2, 0.25) is 0 Å². The molecule has 2 heterocycles. The van der Waals surface area contributed by atoms with Crippen LogP contribution in [-0.4, -0.2) is 15.7 Å². The standard InChI is InChI=1S/C20H21N5O3/c1-4-25(14-16-11-8-12-28-16)18-17(19(26)24(3)20(27)23(18)2)13-21-22-15-9-6-5-7-10-15/h5-12H,4,14H2,1-3H3. The van der Waals surface area contributed by atoms with Crippen molar-refractivity contribution in [2.45, 2.75) is 13.5 Å². The summed E-state index contributed by atoms with van der Waals surface area (Å²) in [6.07, 6.45) is 1.58. The minimum absolute atomic E-state index is 0.165. The molecule has 0 aliphatic heterocycles. The molecule has 3 rings (SSSR count). The van der Waals surface area contributed by atoms with Crippen LogP contribution >= 0.6 is 0 Å². The third kappa shape index (κ3) is 3.83. The summed E-state index contributed by atoms with van der Waals surface area (Å²) in [4.78, 5) is 31.1. The first-order valence-electron chi connectivity index (χ1n) is 8.82. The Kier molecular flexibility index (Phi) is 5.65. The first-order valence-corrected chi connectivity index (χ1v) is 8.82.